The Hall–Kier alpha value is -3.15. The van der Waals surface area contributed by atoms with Crippen LogP contribution >= 0.6 is 0 Å². The second kappa shape index (κ2) is 8.25. The maximum absolute atomic E-state index is 12.4. The molecule has 6 heteroatoms. The van der Waals surface area contributed by atoms with Gasteiger partial charge in [0.05, 0.1) is 17.1 Å². The van der Waals surface area contributed by atoms with Crippen molar-refractivity contribution in [3.8, 4) is 0 Å². The highest BCUT2D eigenvalue weighted by molar-refractivity contribution is 5.95. The van der Waals surface area contributed by atoms with Gasteiger partial charge in [0.2, 0.25) is 0 Å². The molecule has 0 unspecified atom stereocenters. The Morgan fingerprint density at radius 1 is 1.00 bits per heavy atom. The summed E-state index contributed by atoms with van der Waals surface area (Å²) in [6.07, 6.45) is 1.25. The first-order chi connectivity index (χ1) is 13.4. The predicted octanol–water partition coefficient (Wildman–Crippen LogP) is 3.47. The van der Waals surface area contributed by atoms with Crippen molar-refractivity contribution < 1.29 is 23.9 Å². The third-order valence-electron chi connectivity index (χ3n) is 4.55. The van der Waals surface area contributed by atoms with Crippen molar-refractivity contribution in [2.75, 3.05) is 11.9 Å². The lowest BCUT2D eigenvalue weighted by molar-refractivity contribution is -0.150. The van der Waals surface area contributed by atoms with Crippen molar-refractivity contribution >= 4 is 23.5 Å². The Bertz CT molecular complexity index is 854. The smallest absolute Gasteiger partial charge is 0.338 e. The maximum Gasteiger partial charge on any atom is 0.338 e. The molecule has 146 valence electrons. The molecular weight excluding hydrogens is 358 g/mol. The number of ether oxygens (including phenoxy) is 2. The number of rotatable bonds is 7. The number of benzene rings is 2. The van der Waals surface area contributed by atoms with Gasteiger partial charge < -0.3 is 14.8 Å². The molecule has 28 heavy (non-hydrogen) atoms. The Morgan fingerprint density at radius 2 is 1.64 bits per heavy atom. The molecule has 1 amide bonds. The molecule has 0 saturated heterocycles. The fraction of sp³-hybridized carbons (Fsp3) is 0.318. The molecular formula is C22H23NO5. The monoisotopic (exact) mass is 381 g/mol. The molecule has 0 radical (unpaired) electrons. The van der Waals surface area contributed by atoms with E-state index in [1.807, 2.05) is 30.3 Å². The summed E-state index contributed by atoms with van der Waals surface area (Å²) in [6, 6.07) is 15.8. The van der Waals surface area contributed by atoms with E-state index >= 15 is 0 Å². The zero-order chi connectivity index (χ0) is 20.1. The van der Waals surface area contributed by atoms with Gasteiger partial charge in [-0.3, -0.25) is 9.59 Å². The van der Waals surface area contributed by atoms with Crippen molar-refractivity contribution in [3.05, 3.63) is 65.7 Å². The summed E-state index contributed by atoms with van der Waals surface area (Å²) in [7, 11) is 0. The highest BCUT2D eigenvalue weighted by Crippen LogP contribution is 2.49. The fourth-order valence-corrected chi connectivity index (χ4v) is 2.93. The quantitative estimate of drug-likeness (QED) is 0.743. The van der Waals surface area contributed by atoms with Gasteiger partial charge in [0.25, 0.3) is 5.91 Å². The van der Waals surface area contributed by atoms with E-state index < -0.39 is 17.3 Å². The third-order valence-corrected chi connectivity index (χ3v) is 4.55. The molecule has 0 heterocycles. The van der Waals surface area contributed by atoms with Gasteiger partial charge in [-0.2, -0.15) is 0 Å². The van der Waals surface area contributed by atoms with E-state index in [1.54, 1.807) is 38.1 Å². The van der Waals surface area contributed by atoms with Crippen LogP contribution in [-0.2, 0) is 24.5 Å². The number of nitrogens with one attached hydrogen (secondary N) is 1. The number of anilines is 1. The van der Waals surface area contributed by atoms with Crippen LogP contribution in [0.15, 0.2) is 54.6 Å². The molecule has 0 aromatic heterocycles. The van der Waals surface area contributed by atoms with Gasteiger partial charge in [-0.1, -0.05) is 30.3 Å². The lowest BCUT2D eigenvalue weighted by atomic mass is 9.96. The number of hydrogen-bond acceptors (Lipinski definition) is 5. The number of esters is 2. The minimum atomic E-state index is -0.611. The van der Waals surface area contributed by atoms with Gasteiger partial charge in [0.1, 0.15) is 0 Å². The van der Waals surface area contributed by atoms with Gasteiger partial charge in [-0.05, 0) is 56.5 Å². The second-order valence-electron chi connectivity index (χ2n) is 7.10. The molecule has 1 aliphatic rings. The fourth-order valence-electron chi connectivity index (χ4n) is 2.93. The van der Waals surface area contributed by atoms with Gasteiger partial charge in [-0.25, -0.2) is 4.79 Å². The van der Waals surface area contributed by atoms with Crippen LogP contribution in [0, 0.1) is 0 Å². The SMILES string of the molecule is CC(C)OC(=O)c1ccc(NC(=O)COC(=O)C2(c3ccccc3)CC2)cc1. The van der Waals surface area contributed by atoms with E-state index in [0.29, 0.717) is 11.3 Å². The maximum atomic E-state index is 12.4. The molecule has 0 bridgehead atoms. The van der Waals surface area contributed by atoms with Crippen LogP contribution in [0.3, 0.4) is 0 Å². The predicted molar refractivity (Wildman–Crippen MR) is 104 cm³/mol. The molecule has 3 rings (SSSR count). The summed E-state index contributed by atoms with van der Waals surface area (Å²) < 4.78 is 10.4. The molecule has 6 nitrogen and oxygen atoms in total. The van der Waals surface area contributed by atoms with E-state index in [4.69, 9.17) is 9.47 Å². The van der Waals surface area contributed by atoms with Crippen LogP contribution in [-0.4, -0.2) is 30.6 Å². The van der Waals surface area contributed by atoms with Crippen LogP contribution in [0.1, 0.15) is 42.6 Å². The van der Waals surface area contributed by atoms with Crippen LogP contribution in [0.25, 0.3) is 0 Å². The van der Waals surface area contributed by atoms with Gasteiger partial charge in [0.15, 0.2) is 6.61 Å². The Labute approximate surface area is 163 Å². The summed E-state index contributed by atoms with van der Waals surface area (Å²) in [4.78, 5) is 36.3. The van der Waals surface area contributed by atoms with Crippen LogP contribution in [0.2, 0.25) is 0 Å². The highest BCUT2D eigenvalue weighted by Gasteiger charge is 2.52. The molecule has 2 aromatic rings. The molecule has 1 aliphatic carbocycles. The number of hydrogen-bond donors (Lipinski definition) is 1. The molecule has 1 saturated carbocycles. The molecule has 1 N–H and O–H groups in total. The minimum absolute atomic E-state index is 0.202. The van der Waals surface area contributed by atoms with Gasteiger partial charge in [0, 0.05) is 5.69 Å². The first-order valence-electron chi connectivity index (χ1n) is 9.24. The van der Waals surface area contributed by atoms with Crippen molar-refractivity contribution in [2.24, 2.45) is 0 Å². The first kappa shape index (κ1) is 19.6. The van der Waals surface area contributed by atoms with E-state index in [-0.39, 0.29) is 18.7 Å². The molecule has 0 aliphatic heterocycles. The second-order valence-corrected chi connectivity index (χ2v) is 7.10. The largest absolute Gasteiger partial charge is 0.459 e. The standard InChI is InChI=1S/C22H23NO5/c1-15(2)28-20(25)16-8-10-18(11-9-16)23-19(24)14-27-21(26)22(12-13-22)17-6-4-3-5-7-17/h3-11,15H,12-14H2,1-2H3,(H,23,24). The molecule has 0 atom stereocenters. The molecule has 0 spiro atoms. The molecule has 1 fully saturated rings. The zero-order valence-corrected chi connectivity index (χ0v) is 15.9. The Kier molecular flexibility index (Phi) is 5.78. The highest BCUT2D eigenvalue weighted by atomic mass is 16.5. The van der Waals surface area contributed by atoms with E-state index in [0.717, 1.165) is 18.4 Å². The summed E-state index contributed by atoms with van der Waals surface area (Å²) >= 11 is 0. The molecule has 2 aromatic carbocycles. The van der Waals surface area contributed by atoms with Gasteiger partial charge in [-0.15, -0.1) is 0 Å². The zero-order valence-electron chi connectivity index (χ0n) is 15.9. The first-order valence-corrected chi connectivity index (χ1v) is 9.24. The van der Waals surface area contributed by atoms with E-state index in [1.165, 1.54) is 0 Å². The number of amides is 1. The normalized spacial score (nSPS) is 14.2. The van der Waals surface area contributed by atoms with E-state index in [2.05, 4.69) is 5.32 Å². The van der Waals surface area contributed by atoms with Crippen LogP contribution in [0.5, 0.6) is 0 Å². The average Bonchev–Trinajstić information content (AvgIpc) is 3.49. The summed E-state index contributed by atoms with van der Waals surface area (Å²) in [6.45, 7) is 3.19. The van der Waals surface area contributed by atoms with Crippen molar-refractivity contribution in [2.45, 2.75) is 38.2 Å². The van der Waals surface area contributed by atoms with Crippen molar-refractivity contribution in [1.82, 2.24) is 0 Å². The lowest BCUT2D eigenvalue weighted by Crippen LogP contribution is -2.28. The summed E-state index contributed by atoms with van der Waals surface area (Å²) in [5, 5.41) is 2.65. The topological polar surface area (TPSA) is 81.7 Å². The number of carbonyl (C=O) groups is 3. The van der Waals surface area contributed by atoms with Crippen LogP contribution in [0.4, 0.5) is 5.69 Å². The number of carbonyl (C=O) groups excluding carboxylic acids is 3. The Balaban J connectivity index is 1.51. The van der Waals surface area contributed by atoms with E-state index in [9.17, 15) is 14.4 Å². The Morgan fingerprint density at radius 3 is 2.21 bits per heavy atom. The van der Waals surface area contributed by atoms with Gasteiger partial charge >= 0.3 is 11.9 Å². The average molecular weight is 381 g/mol. The van der Waals surface area contributed by atoms with Crippen molar-refractivity contribution in [1.29, 1.82) is 0 Å². The minimum Gasteiger partial charge on any atom is -0.459 e. The van der Waals surface area contributed by atoms with Crippen molar-refractivity contribution in [3.63, 3.8) is 0 Å². The lowest BCUT2D eigenvalue weighted by Gasteiger charge is -2.14. The summed E-state index contributed by atoms with van der Waals surface area (Å²) in [5.74, 6) is -1.23. The third kappa shape index (κ3) is 4.57. The van der Waals surface area contributed by atoms with Crippen LogP contribution < -0.4 is 5.32 Å². The summed E-state index contributed by atoms with van der Waals surface area (Å²) in [5.41, 5.74) is 1.22.